The number of halogens is 1. The van der Waals surface area contributed by atoms with Gasteiger partial charge >= 0.3 is 7.60 Å². The first-order valence-electron chi connectivity index (χ1n) is 11.9. The van der Waals surface area contributed by atoms with Gasteiger partial charge < -0.3 is 9.05 Å². The summed E-state index contributed by atoms with van der Waals surface area (Å²) in [5.41, 5.74) is 2.42. The summed E-state index contributed by atoms with van der Waals surface area (Å²) in [7, 11) is -8.65. The van der Waals surface area contributed by atoms with Crippen LogP contribution in [0.5, 0.6) is 11.5 Å². The first-order chi connectivity index (χ1) is 17.9. The third kappa shape index (κ3) is 5.82. The number of hydrogen-bond acceptors (Lipinski definition) is 5. The van der Waals surface area contributed by atoms with Gasteiger partial charge in [0.05, 0.1) is 4.90 Å². The minimum atomic E-state index is -4.41. The first kappa shape index (κ1) is 27.9. The zero-order chi connectivity index (χ0) is 27.6. The minimum Gasteiger partial charge on any atom is -0.415 e. The smallest absolute Gasteiger partial charge is 0.415 e. The molecule has 0 aliphatic heterocycles. The Morgan fingerprint density at radius 2 is 1.21 bits per heavy atom. The van der Waals surface area contributed by atoms with Gasteiger partial charge in [-0.3, -0.25) is 0 Å². The van der Waals surface area contributed by atoms with Gasteiger partial charge in [-0.2, -0.15) is 4.72 Å². The van der Waals surface area contributed by atoms with Gasteiger partial charge in [0.15, 0.2) is 5.28 Å². The number of para-hydroxylation sites is 2. The van der Waals surface area contributed by atoms with Crippen molar-refractivity contribution in [2.45, 2.75) is 37.9 Å². The molecule has 0 aromatic heterocycles. The van der Waals surface area contributed by atoms with Gasteiger partial charge in [0.2, 0.25) is 10.0 Å². The summed E-state index contributed by atoms with van der Waals surface area (Å²) in [6, 6.07) is 27.0. The van der Waals surface area contributed by atoms with Crippen LogP contribution in [0.25, 0.3) is 0 Å². The Balaban J connectivity index is 1.94. The fourth-order valence-electron chi connectivity index (χ4n) is 4.39. The van der Waals surface area contributed by atoms with Gasteiger partial charge in [-0.25, -0.2) is 13.0 Å². The summed E-state index contributed by atoms with van der Waals surface area (Å²) < 4.78 is 57.9. The number of nitrogens with one attached hydrogen (secondary N) is 1. The SMILES string of the molecule is Cc1cc(C)c(S(=O)(=O)NC(C)(c2ccc(Cl)cc2)P(=O)(Oc2ccccc2)Oc2ccccc2)c(C)c1. The quantitative estimate of drug-likeness (QED) is 0.208. The molecule has 0 bridgehead atoms. The lowest BCUT2D eigenvalue weighted by Gasteiger charge is -2.37. The van der Waals surface area contributed by atoms with Crippen LogP contribution < -0.4 is 13.8 Å². The van der Waals surface area contributed by atoms with Gasteiger partial charge in [0.25, 0.3) is 0 Å². The molecule has 0 heterocycles. The van der Waals surface area contributed by atoms with Gasteiger partial charge in [-0.05, 0) is 80.8 Å². The fourth-order valence-corrected chi connectivity index (χ4v) is 8.70. The average Bonchev–Trinajstić information content (AvgIpc) is 2.84. The van der Waals surface area contributed by atoms with Crippen LogP contribution in [0, 0.1) is 20.8 Å². The predicted molar refractivity (Wildman–Crippen MR) is 152 cm³/mol. The molecular weight excluding hydrogens is 541 g/mol. The van der Waals surface area contributed by atoms with Crippen molar-refractivity contribution in [1.82, 2.24) is 4.72 Å². The standard InChI is InChI=1S/C29H29ClNO5PS/c1-21-19-22(2)28(23(3)20-21)38(33,34)31-29(4,24-15-17-25(30)18-16-24)37(32,35-26-11-7-5-8-12-26)36-27-13-9-6-10-14-27/h5-20,31H,1-4H3. The van der Waals surface area contributed by atoms with Crippen molar-refractivity contribution in [3.8, 4) is 11.5 Å². The molecule has 1 atom stereocenters. The van der Waals surface area contributed by atoms with Crippen molar-refractivity contribution in [1.29, 1.82) is 0 Å². The molecule has 0 amide bonds. The minimum absolute atomic E-state index is 0.106. The summed E-state index contributed by atoms with van der Waals surface area (Å²) in [5, 5.41) is -1.43. The summed E-state index contributed by atoms with van der Waals surface area (Å²) in [4.78, 5) is 0.106. The van der Waals surface area contributed by atoms with E-state index in [0.717, 1.165) is 5.56 Å². The number of aryl methyl sites for hydroxylation is 3. The van der Waals surface area contributed by atoms with E-state index in [1.165, 1.54) is 6.92 Å². The second kappa shape index (κ2) is 11.0. The molecule has 1 N–H and O–H groups in total. The Hall–Kier alpha value is -3.09. The molecule has 0 spiro atoms. The van der Waals surface area contributed by atoms with Crippen molar-refractivity contribution in [3.05, 3.63) is 124 Å². The maximum absolute atomic E-state index is 15.0. The van der Waals surface area contributed by atoms with Crippen molar-refractivity contribution >= 4 is 29.2 Å². The average molecular weight is 570 g/mol. The molecule has 0 saturated carbocycles. The van der Waals surface area contributed by atoms with Crippen LogP contribution in [-0.4, -0.2) is 8.42 Å². The third-order valence-corrected chi connectivity index (χ3v) is 10.7. The van der Waals surface area contributed by atoms with Crippen LogP contribution in [0.3, 0.4) is 0 Å². The van der Waals surface area contributed by atoms with E-state index in [-0.39, 0.29) is 16.4 Å². The van der Waals surface area contributed by atoms with Gasteiger partial charge in [0.1, 0.15) is 11.5 Å². The molecule has 0 saturated heterocycles. The van der Waals surface area contributed by atoms with Crippen molar-refractivity contribution in [2.24, 2.45) is 0 Å². The van der Waals surface area contributed by atoms with E-state index in [2.05, 4.69) is 4.72 Å². The Morgan fingerprint density at radius 3 is 1.66 bits per heavy atom. The first-order valence-corrected chi connectivity index (χ1v) is 15.3. The van der Waals surface area contributed by atoms with Gasteiger partial charge in [0, 0.05) is 5.02 Å². The lowest BCUT2D eigenvalue weighted by molar-refractivity contribution is 0.337. The van der Waals surface area contributed by atoms with Crippen molar-refractivity contribution < 1.29 is 22.0 Å². The van der Waals surface area contributed by atoms with Crippen molar-refractivity contribution in [2.75, 3.05) is 0 Å². The second-order valence-electron chi connectivity index (χ2n) is 9.22. The van der Waals surface area contributed by atoms with E-state index >= 15 is 0 Å². The lowest BCUT2D eigenvalue weighted by atomic mass is 10.1. The predicted octanol–water partition coefficient (Wildman–Crippen LogP) is 7.77. The number of hydrogen-bond donors (Lipinski definition) is 1. The molecule has 0 aliphatic rings. The summed E-state index contributed by atoms with van der Waals surface area (Å²) in [6.07, 6.45) is 0. The molecular formula is C29H29ClNO5PS. The van der Waals surface area contributed by atoms with Gasteiger partial charge in [-0.15, -0.1) is 0 Å². The number of benzene rings is 4. The molecule has 0 aliphatic carbocycles. The highest BCUT2D eigenvalue weighted by Crippen LogP contribution is 2.63. The molecule has 0 radical (unpaired) electrons. The second-order valence-corrected chi connectivity index (χ2v) is 13.5. The highest BCUT2D eigenvalue weighted by molar-refractivity contribution is 7.90. The highest BCUT2D eigenvalue weighted by atomic mass is 35.5. The van der Waals surface area contributed by atoms with Crippen LogP contribution >= 0.6 is 19.2 Å². The van der Waals surface area contributed by atoms with Crippen LogP contribution in [0.15, 0.2) is 102 Å². The van der Waals surface area contributed by atoms with Crippen LogP contribution in [0.4, 0.5) is 0 Å². The Kier molecular flexibility index (Phi) is 8.05. The molecule has 4 aromatic carbocycles. The van der Waals surface area contributed by atoms with E-state index < -0.39 is 22.9 Å². The molecule has 9 heteroatoms. The lowest BCUT2D eigenvalue weighted by Crippen LogP contribution is -2.45. The van der Waals surface area contributed by atoms with Crippen LogP contribution in [0.1, 0.15) is 29.2 Å². The van der Waals surface area contributed by atoms with Crippen LogP contribution in [0.2, 0.25) is 5.02 Å². The van der Waals surface area contributed by atoms with E-state index in [1.807, 2.05) is 6.92 Å². The van der Waals surface area contributed by atoms with Crippen molar-refractivity contribution in [3.63, 3.8) is 0 Å². The summed E-state index contributed by atoms with van der Waals surface area (Å²) in [5.74, 6) is 0.516. The highest BCUT2D eigenvalue weighted by Gasteiger charge is 2.54. The summed E-state index contributed by atoms with van der Waals surface area (Å²) in [6.45, 7) is 6.86. The molecule has 4 rings (SSSR count). The maximum Gasteiger partial charge on any atom is 0.455 e. The molecule has 6 nitrogen and oxygen atoms in total. The molecule has 38 heavy (non-hydrogen) atoms. The Labute approximate surface area is 229 Å². The number of sulfonamides is 1. The molecule has 198 valence electrons. The topological polar surface area (TPSA) is 81.7 Å². The fraction of sp³-hybridized carbons (Fsp3) is 0.172. The van der Waals surface area contributed by atoms with Gasteiger partial charge in [-0.1, -0.05) is 77.8 Å². The zero-order valence-corrected chi connectivity index (χ0v) is 24.0. The molecule has 1 unspecified atom stereocenters. The van der Waals surface area contributed by atoms with E-state index in [1.54, 1.807) is 111 Å². The molecule has 0 fully saturated rings. The number of rotatable bonds is 9. The van der Waals surface area contributed by atoms with Crippen LogP contribution in [-0.2, 0) is 19.9 Å². The Morgan fingerprint density at radius 1 is 0.763 bits per heavy atom. The third-order valence-electron chi connectivity index (χ3n) is 6.10. The normalized spacial score (nSPS) is 13.5. The zero-order valence-electron chi connectivity index (χ0n) is 21.5. The monoisotopic (exact) mass is 569 g/mol. The van der Waals surface area contributed by atoms with E-state index in [0.29, 0.717) is 21.7 Å². The Bertz CT molecular complexity index is 1510. The van der Waals surface area contributed by atoms with E-state index in [9.17, 15) is 13.0 Å². The van der Waals surface area contributed by atoms with E-state index in [4.69, 9.17) is 20.6 Å². The summed E-state index contributed by atoms with van der Waals surface area (Å²) >= 11 is 6.15. The largest absolute Gasteiger partial charge is 0.455 e. The maximum atomic E-state index is 15.0. The molecule has 4 aromatic rings.